The van der Waals surface area contributed by atoms with Gasteiger partial charge in [-0.25, -0.2) is 0 Å². The molecule has 1 saturated carbocycles. The van der Waals surface area contributed by atoms with Gasteiger partial charge in [-0.1, -0.05) is 49.0 Å². The molecule has 1 amide bonds. The minimum Gasteiger partial charge on any atom is -0.386 e. The molecule has 0 saturated heterocycles. The van der Waals surface area contributed by atoms with Crippen LogP contribution in [0.3, 0.4) is 0 Å². The van der Waals surface area contributed by atoms with Crippen LogP contribution < -0.4 is 5.32 Å². The van der Waals surface area contributed by atoms with Crippen LogP contribution in [0.15, 0.2) is 18.2 Å². The SMILES string of the molecule is CCCC1(C(=O)NC[C@@H](O)c2c(Cl)cccc2Cl)CCC1. The van der Waals surface area contributed by atoms with E-state index in [0.717, 1.165) is 32.1 Å². The molecule has 1 aromatic rings. The summed E-state index contributed by atoms with van der Waals surface area (Å²) in [5, 5.41) is 13.9. The summed E-state index contributed by atoms with van der Waals surface area (Å²) in [5.41, 5.74) is 0.248. The predicted octanol–water partition coefficient (Wildman–Crippen LogP) is 4.11. The third-order valence-corrected chi connectivity index (χ3v) is 4.97. The van der Waals surface area contributed by atoms with Crippen molar-refractivity contribution in [1.29, 1.82) is 0 Å². The molecule has 5 heteroatoms. The third kappa shape index (κ3) is 3.53. The summed E-state index contributed by atoms with van der Waals surface area (Å²) >= 11 is 12.1. The third-order valence-electron chi connectivity index (χ3n) is 4.31. The van der Waals surface area contributed by atoms with E-state index in [1.165, 1.54) is 0 Å². The average molecular weight is 330 g/mol. The molecule has 0 spiro atoms. The summed E-state index contributed by atoms with van der Waals surface area (Å²) in [7, 11) is 0. The van der Waals surface area contributed by atoms with Gasteiger partial charge >= 0.3 is 0 Å². The molecule has 2 N–H and O–H groups in total. The number of nitrogens with one attached hydrogen (secondary N) is 1. The van der Waals surface area contributed by atoms with Crippen LogP contribution in [0.1, 0.15) is 50.7 Å². The standard InChI is InChI=1S/C16H21Cl2NO2/c1-2-7-16(8-4-9-16)15(21)19-10-13(20)14-11(17)5-3-6-12(14)18/h3,5-6,13,20H,2,4,7-10H2,1H3,(H,19,21)/t13-/m1/s1. The maximum atomic E-state index is 12.4. The number of hydrogen-bond donors (Lipinski definition) is 2. The summed E-state index contributed by atoms with van der Waals surface area (Å²) in [6, 6.07) is 5.08. The van der Waals surface area contributed by atoms with Crippen LogP contribution in [0.5, 0.6) is 0 Å². The van der Waals surface area contributed by atoms with Crippen molar-refractivity contribution in [3.63, 3.8) is 0 Å². The number of aliphatic hydroxyl groups is 1. The van der Waals surface area contributed by atoms with Crippen molar-refractivity contribution in [3.05, 3.63) is 33.8 Å². The summed E-state index contributed by atoms with van der Waals surface area (Å²) in [5.74, 6) is 0.0397. The lowest BCUT2D eigenvalue weighted by atomic mass is 9.65. The van der Waals surface area contributed by atoms with Gasteiger partial charge in [-0.3, -0.25) is 4.79 Å². The lowest BCUT2D eigenvalue weighted by Crippen LogP contribution is -2.46. The van der Waals surface area contributed by atoms with E-state index in [1.54, 1.807) is 18.2 Å². The van der Waals surface area contributed by atoms with Gasteiger partial charge in [0.25, 0.3) is 0 Å². The molecule has 116 valence electrons. The first-order chi connectivity index (χ1) is 10.00. The van der Waals surface area contributed by atoms with Crippen LogP contribution in [0.25, 0.3) is 0 Å². The van der Waals surface area contributed by atoms with Crippen LogP contribution in [-0.4, -0.2) is 17.6 Å². The molecule has 3 nitrogen and oxygen atoms in total. The first-order valence-electron chi connectivity index (χ1n) is 7.40. The largest absolute Gasteiger partial charge is 0.386 e. The van der Waals surface area contributed by atoms with E-state index >= 15 is 0 Å². The predicted molar refractivity (Wildman–Crippen MR) is 85.6 cm³/mol. The molecule has 2 rings (SSSR count). The van der Waals surface area contributed by atoms with Gasteiger partial charge in [0.15, 0.2) is 0 Å². The second-order valence-corrected chi connectivity index (χ2v) is 6.56. The minimum absolute atomic E-state index is 0.0397. The first kappa shape index (κ1) is 16.6. The quantitative estimate of drug-likeness (QED) is 0.824. The summed E-state index contributed by atoms with van der Waals surface area (Å²) in [6.07, 6.45) is 3.99. The number of carbonyl (C=O) groups is 1. The highest BCUT2D eigenvalue weighted by Crippen LogP contribution is 2.45. The van der Waals surface area contributed by atoms with Crippen LogP contribution in [0, 0.1) is 5.41 Å². The van der Waals surface area contributed by atoms with E-state index in [4.69, 9.17) is 23.2 Å². The Bertz CT molecular complexity index is 495. The number of halogens is 2. The maximum absolute atomic E-state index is 12.4. The highest BCUT2D eigenvalue weighted by atomic mass is 35.5. The number of hydrogen-bond acceptors (Lipinski definition) is 2. The molecule has 1 atom stereocenters. The fourth-order valence-electron chi connectivity index (χ4n) is 2.98. The van der Waals surface area contributed by atoms with Gasteiger partial charge in [-0.05, 0) is 31.4 Å². The Morgan fingerprint density at radius 3 is 2.48 bits per heavy atom. The van der Waals surface area contributed by atoms with Gasteiger partial charge in [0, 0.05) is 27.6 Å². The van der Waals surface area contributed by atoms with Gasteiger partial charge in [-0.2, -0.15) is 0 Å². The Hall–Kier alpha value is -0.770. The average Bonchev–Trinajstić information content (AvgIpc) is 2.40. The number of benzene rings is 1. The summed E-state index contributed by atoms with van der Waals surface area (Å²) in [6.45, 7) is 2.22. The number of carbonyl (C=O) groups excluding carboxylic acids is 1. The summed E-state index contributed by atoms with van der Waals surface area (Å²) < 4.78 is 0. The van der Waals surface area contributed by atoms with Crippen molar-refractivity contribution in [3.8, 4) is 0 Å². The maximum Gasteiger partial charge on any atom is 0.226 e. The topological polar surface area (TPSA) is 49.3 Å². The Morgan fingerprint density at radius 2 is 2.00 bits per heavy atom. The molecule has 1 fully saturated rings. The van der Waals surface area contributed by atoms with Gasteiger partial charge in [0.2, 0.25) is 5.91 Å². The number of amides is 1. The van der Waals surface area contributed by atoms with Crippen LogP contribution in [-0.2, 0) is 4.79 Å². The van der Waals surface area contributed by atoms with Crippen molar-refractivity contribution < 1.29 is 9.90 Å². The normalized spacial score (nSPS) is 17.9. The molecule has 0 aliphatic heterocycles. The second-order valence-electron chi connectivity index (χ2n) is 5.75. The Kier molecular flexibility index (Phi) is 5.53. The highest BCUT2D eigenvalue weighted by molar-refractivity contribution is 6.36. The Balaban J connectivity index is 1.98. The zero-order chi connectivity index (χ0) is 15.5. The van der Waals surface area contributed by atoms with Crippen molar-refractivity contribution in [2.75, 3.05) is 6.54 Å². The number of aliphatic hydroxyl groups excluding tert-OH is 1. The smallest absolute Gasteiger partial charge is 0.226 e. The molecular formula is C16H21Cl2NO2. The monoisotopic (exact) mass is 329 g/mol. The van der Waals surface area contributed by atoms with Crippen LogP contribution in [0.4, 0.5) is 0 Å². The molecule has 0 aromatic heterocycles. The van der Waals surface area contributed by atoms with Crippen LogP contribution >= 0.6 is 23.2 Å². The molecule has 1 aromatic carbocycles. The zero-order valence-electron chi connectivity index (χ0n) is 12.2. The van der Waals surface area contributed by atoms with Crippen molar-refractivity contribution in [1.82, 2.24) is 5.32 Å². The fraction of sp³-hybridized carbons (Fsp3) is 0.562. The van der Waals surface area contributed by atoms with Gasteiger partial charge in [0.05, 0.1) is 6.10 Å². The van der Waals surface area contributed by atoms with Gasteiger partial charge < -0.3 is 10.4 Å². The zero-order valence-corrected chi connectivity index (χ0v) is 13.7. The lowest BCUT2D eigenvalue weighted by Gasteiger charge is -2.40. The fourth-order valence-corrected chi connectivity index (χ4v) is 3.63. The second kappa shape index (κ2) is 6.99. The van der Waals surface area contributed by atoms with Crippen molar-refractivity contribution >= 4 is 29.1 Å². The molecular weight excluding hydrogens is 309 g/mol. The van der Waals surface area contributed by atoms with E-state index < -0.39 is 6.10 Å². The minimum atomic E-state index is -0.895. The van der Waals surface area contributed by atoms with E-state index in [-0.39, 0.29) is 17.9 Å². The Morgan fingerprint density at radius 1 is 1.38 bits per heavy atom. The van der Waals surface area contributed by atoms with Crippen LogP contribution in [0.2, 0.25) is 10.0 Å². The lowest BCUT2D eigenvalue weighted by molar-refractivity contribution is -0.137. The molecule has 21 heavy (non-hydrogen) atoms. The van der Waals surface area contributed by atoms with E-state index in [2.05, 4.69) is 12.2 Å². The van der Waals surface area contributed by atoms with E-state index in [1.807, 2.05) is 0 Å². The van der Waals surface area contributed by atoms with Crippen molar-refractivity contribution in [2.45, 2.75) is 45.1 Å². The van der Waals surface area contributed by atoms with E-state index in [9.17, 15) is 9.90 Å². The molecule has 1 aliphatic rings. The highest BCUT2D eigenvalue weighted by Gasteiger charge is 2.42. The number of rotatable bonds is 6. The Labute approximate surface area is 135 Å². The van der Waals surface area contributed by atoms with E-state index in [0.29, 0.717) is 15.6 Å². The van der Waals surface area contributed by atoms with Gasteiger partial charge in [-0.15, -0.1) is 0 Å². The molecule has 1 aliphatic carbocycles. The molecule has 0 radical (unpaired) electrons. The molecule has 0 unspecified atom stereocenters. The van der Waals surface area contributed by atoms with Gasteiger partial charge in [0.1, 0.15) is 0 Å². The first-order valence-corrected chi connectivity index (χ1v) is 8.16. The molecule has 0 bridgehead atoms. The molecule has 0 heterocycles. The van der Waals surface area contributed by atoms with Crippen molar-refractivity contribution in [2.24, 2.45) is 5.41 Å². The summed E-state index contributed by atoms with van der Waals surface area (Å²) in [4.78, 5) is 12.4.